The summed E-state index contributed by atoms with van der Waals surface area (Å²) in [5, 5.41) is 19.5. The summed E-state index contributed by atoms with van der Waals surface area (Å²) in [5.41, 5.74) is 3.12. The van der Waals surface area contributed by atoms with Crippen LogP contribution in [-0.4, -0.2) is 26.9 Å². The lowest BCUT2D eigenvalue weighted by Crippen LogP contribution is -2.30. The van der Waals surface area contributed by atoms with Crippen molar-refractivity contribution in [1.29, 1.82) is 0 Å². The lowest BCUT2D eigenvalue weighted by Gasteiger charge is -2.32. The van der Waals surface area contributed by atoms with Crippen molar-refractivity contribution in [3.63, 3.8) is 0 Å². The fourth-order valence-corrected chi connectivity index (χ4v) is 3.84. The third kappa shape index (κ3) is 3.46. The maximum absolute atomic E-state index is 11.9. The van der Waals surface area contributed by atoms with Crippen molar-refractivity contribution in [3.8, 4) is 11.5 Å². The summed E-state index contributed by atoms with van der Waals surface area (Å²) >= 11 is 0. The normalized spacial score (nSPS) is 13.8. The maximum Gasteiger partial charge on any atom is 0.253 e. The van der Waals surface area contributed by atoms with Gasteiger partial charge in [-0.3, -0.25) is 14.5 Å². The minimum Gasteiger partial charge on any atom is -0.508 e. The van der Waals surface area contributed by atoms with E-state index in [4.69, 9.17) is 0 Å². The number of carbonyl (C=O) groups is 2. The smallest absolute Gasteiger partial charge is 0.253 e. The number of phenols is 2. The van der Waals surface area contributed by atoms with Crippen molar-refractivity contribution in [1.82, 2.24) is 4.90 Å². The van der Waals surface area contributed by atoms with Crippen LogP contribution in [0.1, 0.15) is 29.2 Å². The highest BCUT2D eigenvalue weighted by atomic mass is 16.3. The molecule has 1 heterocycles. The summed E-state index contributed by atoms with van der Waals surface area (Å²) in [6.45, 7) is 2.26. The molecule has 0 saturated carbocycles. The summed E-state index contributed by atoms with van der Waals surface area (Å²) in [6.07, 6.45) is 2.56. The molecular weight excluding hydrogens is 378 g/mol. The molecule has 0 bridgehead atoms. The molecule has 0 atom stereocenters. The van der Waals surface area contributed by atoms with Crippen LogP contribution in [0, 0.1) is 0 Å². The number of amides is 2. The van der Waals surface area contributed by atoms with Gasteiger partial charge in [0.15, 0.2) is 0 Å². The first-order chi connectivity index (χ1) is 14.4. The Balaban J connectivity index is 1.79. The summed E-state index contributed by atoms with van der Waals surface area (Å²) in [6, 6.07) is 21.8. The third-order valence-electron chi connectivity index (χ3n) is 5.63. The van der Waals surface area contributed by atoms with Crippen molar-refractivity contribution in [2.75, 3.05) is 0 Å². The Kier molecular flexibility index (Phi) is 4.88. The van der Waals surface area contributed by atoms with Gasteiger partial charge in [0.1, 0.15) is 11.5 Å². The summed E-state index contributed by atoms with van der Waals surface area (Å²) in [7, 11) is 0. The highest BCUT2D eigenvalue weighted by molar-refractivity contribution is 6.12. The number of rotatable bonds is 5. The van der Waals surface area contributed by atoms with Gasteiger partial charge in [-0.2, -0.15) is 0 Å². The highest BCUT2D eigenvalue weighted by Gasteiger charge is 2.32. The predicted molar refractivity (Wildman–Crippen MR) is 113 cm³/mol. The van der Waals surface area contributed by atoms with E-state index in [0.717, 1.165) is 22.3 Å². The molecule has 3 aromatic rings. The zero-order chi connectivity index (χ0) is 21.3. The SMILES string of the molecule is CC(c1ccc(O)cc1)(c1ccc(O)cc1)c1cccc(CN2C(=O)C=CC2=O)c1. The molecule has 1 aliphatic rings. The molecule has 5 nitrogen and oxygen atoms in total. The number of imide groups is 1. The van der Waals surface area contributed by atoms with Crippen LogP contribution < -0.4 is 0 Å². The van der Waals surface area contributed by atoms with Crippen molar-refractivity contribution in [2.24, 2.45) is 0 Å². The molecule has 0 aromatic heterocycles. The topological polar surface area (TPSA) is 77.8 Å². The van der Waals surface area contributed by atoms with E-state index < -0.39 is 5.41 Å². The molecule has 150 valence electrons. The second-order valence-electron chi connectivity index (χ2n) is 7.52. The van der Waals surface area contributed by atoms with Gasteiger partial charge in [-0.15, -0.1) is 0 Å². The number of hydrogen-bond acceptors (Lipinski definition) is 4. The largest absolute Gasteiger partial charge is 0.508 e. The number of carbonyl (C=O) groups excluding carboxylic acids is 2. The quantitative estimate of drug-likeness (QED) is 0.504. The average molecular weight is 399 g/mol. The third-order valence-corrected chi connectivity index (χ3v) is 5.63. The molecule has 0 spiro atoms. The van der Waals surface area contributed by atoms with Gasteiger partial charge in [0.2, 0.25) is 0 Å². The summed E-state index contributed by atoms with van der Waals surface area (Å²) in [5.74, 6) is -0.270. The van der Waals surface area contributed by atoms with E-state index in [1.165, 1.54) is 17.1 Å². The van der Waals surface area contributed by atoms with Crippen LogP contribution in [0.5, 0.6) is 11.5 Å². The van der Waals surface area contributed by atoms with Crippen molar-refractivity contribution >= 4 is 11.8 Å². The molecule has 5 heteroatoms. The molecule has 2 N–H and O–H groups in total. The minimum absolute atomic E-state index is 0.180. The predicted octanol–water partition coefficient (Wildman–Crippen LogP) is 3.88. The maximum atomic E-state index is 11.9. The fourth-order valence-electron chi connectivity index (χ4n) is 3.84. The molecule has 0 saturated heterocycles. The Morgan fingerprint density at radius 2 is 1.23 bits per heavy atom. The number of benzene rings is 3. The van der Waals surface area contributed by atoms with Crippen LogP contribution in [-0.2, 0) is 21.5 Å². The van der Waals surface area contributed by atoms with Crippen LogP contribution >= 0.6 is 0 Å². The number of aromatic hydroxyl groups is 2. The second-order valence-corrected chi connectivity index (χ2v) is 7.52. The molecule has 3 aromatic carbocycles. The zero-order valence-electron chi connectivity index (χ0n) is 16.4. The Bertz CT molecular complexity index is 1070. The average Bonchev–Trinajstić information content (AvgIpc) is 3.06. The van der Waals surface area contributed by atoms with Gasteiger partial charge >= 0.3 is 0 Å². The molecule has 1 aliphatic heterocycles. The Morgan fingerprint density at radius 3 is 1.73 bits per heavy atom. The second kappa shape index (κ2) is 7.52. The number of hydrogen-bond donors (Lipinski definition) is 2. The zero-order valence-corrected chi connectivity index (χ0v) is 16.4. The van der Waals surface area contributed by atoms with E-state index in [1.54, 1.807) is 24.3 Å². The lowest BCUT2D eigenvalue weighted by atomic mass is 9.71. The number of nitrogens with zero attached hydrogens (tertiary/aromatic N) is 1. The minimum atomic E-state index is -0.589. The van der Waals surface area contributed by atoms with Crippen LogP contribution in [0.2, 0.25) is 0 Å². The first kappa shape index (κ1) is 19.5. The Morgan fingerprint density at radius 1 is 0.733 bits per heavy atom. The Labute approximate surface area is 174 Å². The molecule has 0 radical (unpaired) electrons. The Hall–Kier alpha value is -3.86. The first-order valence-corrected chi connectivity index (χ1v) is 9.60. The van der Waals surface area contributed by atoms with Gasteiger partial charge in [-0.25, -0.2) is 0 Å². The van der Waals surface area contributed by atoms with Gasteiger partial charge in [0.05, 0.1) is 6.54 Å². The van der Waals surface area contributed by atoms with Crippen LogP contribution in [0.15, 0.2) is 84.9 Å². The standard InChI is InChI=1S/C25H21NO4/c1-25(18-5-9-21(27)10-6-18,19-7-11-22(28)12-8-19)20-4-2-3-17(15-20)16-26-23(29)13-14-24(26)30/h2-15,27-28H,16H2,1H3. The molecule has 30 heavy (non-hydrogen) atoms. The van der Waals surface area contributed by atoms with Crippen molar-refractivity contribution in [2.45, 2.75) is 18.9 Å². The van der Waals surface area contributed by atoms with E-state index in [0.29, 0.717) is 0 Å². The fraction of sp³-hybridized carbons (Fsp3) is 0.120. The molecular formula is C25H21NO4. The molecule has 4 rings (SSSR count). The van der Waals surface area contributed by atoms with Gasteiger partial charge in [-0.1, -0.05) is 48.5 Å². The van der Waals surface area contributed by atoms with E-state index in [9.17, 15) is 19.8 Å². The van der Waals surface area contributed by atoms with E-state index >= 15 is 0 Å². The summed E-state index contributed by atoms with van der Waals surface area (Å²) < 4.78 is 0. The number of phenolic OH excluding ortho intramolecular Hbond substituents is 2. The van der Waals surface area contributed by atoms with Crippen molar-refractivity contribution in [3.05, 3.63) is 107 Å². The molecule has 0 unspecified atom stereocenters. The lowest BCUT2D eigenvalue weighted by molar-refractivity contribution is -0.137. The van der Waals surface area contributed by atoms with Gasteiger partial charge < -0.3 is 10.2 Å². The van der Waals surface area contributed by atoms with Gasteiger partial charge in [-0.05, 0) is 53.4 Å². The summed E-state index contributed by atoms with van der Waals surface area (Å²) in [4.78, 5) is 25.1. The van der Waals surface area contributed by atoms with Gasteiger partial charge in [0, 0.05) is 17.6 Å². The van der Waals surface area contributed by atoms with Crippen LogP contribution in [0.3, 0.4) is 0 Å². The molecule has 0 aliphatic carbocycles. The van der Waals surface area contributed by atoms with Crippen LogP contribution in [0.25, 0.3) is 0 Å². The molecule has 2 amide bonds. The van der Waals surface area contributed by atoms with Gasteiger partial charge in [0.25, 0.3) is 11.8 Å². The highest BCUT2D eigenvalue weighted by Crippen LogP contribution is 2.40. The van der Waals surface area contributed by atoms with Crippen molar-refractivity contribution < 1.29 is 19.8 Å². The van der Waals surface area contributed by atoms with E-state index in [-0.39, 0.29) is 29.9 Å². The monoisotopic (exact) mass is 399 g/mol. The van der Waals surface area contributed by atoms with E-state index in [2.05, 4.69) is 6.92 Å². The first-order valence-electron chi connectivity index (χ1n) is 9.60. The van der Waals surface area contributed by atoms with E-state index in [1.807, 2.05) is 48.5 Å². The molecule has 0 fully saturated rings. The van der Waals surface area contributed by atoms with Crippen LogP contribution in [0.4, 0.5) is 0 Å².